The molecule has 0 radical (unpaired) electrons. The van der Waals surface area contributed by atoms with E-state index in [0.29, 0.717) is 0 Å². The molecule has 0 amide bonds. The van der Waals surface area contributed by atoms with Gasteiger partial charge in [0.2, 0.25) is 0 Å². The van der Waals surface area contributed by atoms with Gasteiger partial charge < -0.3 is 14.1 Å². The van der Waals surface area contributed by atoms with Crippen LogP contribution in [0, 0.1) is 0 Å². The van der Waals surface area contributed by atoms with Gasteiger partial charge in [-0.25, -0.2) is 0 Å². The Balaban J connectivity index is 1.96. The first-order valence-corrected chi connectivity index (χ1v) is 13.3. The molecule has 1 N–H and O–H groups in total. The van der Waals surface area contributed by atoms with Crippen molar-refractivity contribution in [3.8, 4) is 11.3 Å². The summed E-state index contributed by atoms with van der Waals surface area (Å²) in [6, 6.07) is 8.45. The van der Waals surface area contributed by atoms with Crippen LogP contribution in [0.5, 0.6) is 0 Å². The summed E-state index contributed by atoms with van der Waals surface area (Å²) in [6.07, 6.45) is 2.81. The summed E-state index contributed by atoms with van der Waals surface area (Å²) in [6.45, 7) is 16.6. The molecule has 1 saturated heterocycles. The molecule has 1 aliphatic heterocycles. The highest BCUT2D eigenvalue weighted by atomic mass is 28.4. The molecule has 1 fully saturated rings. The van der Waals surface area contributed by atoms with E-state index >= 15 is 0 Å². The molecule has 2 aromatic rings. The molecule has 1 aromatic heterocycles. The van der Waals surface area contributed by atoms with Crippen LogP contribution in [0.2, 0.25) is 18.1 Å². The third-order valence-electron chi connectivity index (χ3n) is 6.87. The fourth-order valence-electron chi connectivity index (χ4n) is 3.43. The molecule has 2 heterocycles. The number of aryl methyl sites for hydroxylation is 1. The van der Waals surface area contributed by atoms with Gasteiger partial charge in [-0.3, -0.25) is 4.68 Å². The first kappa shape index (κ1) is 22.3. The lowest BCUT2D eigenvalue weighted by molar-refractivity contribution is 0.00578. The van der Waals surface area contributed by atoms with Crippen molar-refractivity contribution in [3.63, 3.8) is 0 Å². The van der Waals surface area contributed by atoms with E-state index < -0.39 is 26.6 Å². The van der Waals surface area contributed by atoms with Crippen LogP contribution >= 0.6 is 0 Å². The summed E-state index contributed by atoms with van der Waals surface area (Å²) in [5, 5.41) is 4.60. The van der Waals surface area contributed by atoms with Crippen molar-refractivity contribution in [2.24, 2.45) is 7.05 Å². The lowest BCUT2D eigenvalue weighted by Gasteiger charge is -2.35. The van der Waals surface area contributed by atoms with Crippen LogP contribution < -0.4 is 5.46 Å². The van der Waals surface area contributed by atoms with Crippen molar-refractivity contribution in [1.29, 1.82) is 0 Å². The monoisotopic (exact) mass is 414 g/mol. The Morgan fingerprint density at radius 1 is 1.14 bits per heavy atom. The van der Waals surface area contributed by atoms with Crippen LogP contribution in [0.25, 0.3) is 11.3 Å². The van der Waals surface area contributed by atoms with E-state index in [-0.39, 0.29) is 5.04 Å². The van der Waals surface area contributed by atoms with Gasteiger partial charge >= 0.3 is 7.12 Å². The topological polar surface area (TPSA) is 56.5 Å². The van der Waals surface area contributed by atoms with Crippen molar-refractivity contribution < 1.29 is 14.1 Å². The van der Waals surface area contributed by atoms with Gasteiger partial charge in [-0.2, -0.15) is 5.10 Å². The fraction of sp³-hybridized carbons (Fsp3) is 0.591. The molecular weight excluding hydrogens is 379 g/mol. The van der Waals surface area contributed by atoms with Gasteiger partial charge in [0.25, 0.3) is 0 Å². The largest absolute Gasteiger partial charge is 0.498 e. The molecule has 1 aliphatic rings. The molecule has 3 rings (SSSR count). The van der Waals surface area contributed by atoms with Crippen LogP contribution in [-0.2, 0) is 22.8 Å². The van der Waals surface area contributed by atoms with Gasteiger partial charge in [-0.15, -0.1) is 0 Å². The second-order valence-corrected chi connectivity index (χ2v) is 15.0. The average Bonchev–Trinajstić information content (AvgIpc) is 3.03. The number of nitrogens with zero attached hydrogens (tertiary/aromatic N) is 2. The molecule has 29 heavy (non-hydrogen) atoms. The van der Waals surface area contributed by atoms with E-state index in [4.69, 9.17) is 14.4 Å². The van der Waals surface area contributed by atoms with Crippen LogP contribution in [-0.4, -0.2) is 41.2 Å². The minimum Gasteiger partial charge on any atom is -0.432 e. The van der Waals surface area contributed by atoms with Crippen molar-refractivity contribution in [3.05, 3.63) is 36.0 Å². The normalized spacial score (nSPS) is 19.0. The molecular formula is C22H35BN2O3Si. The van der Waals surface area contributed by atoms with E-state index in [1.165, 1.54) is 5.56 Å². The summed E-state index contributed by atoms with van der Waals surface area (Å²) >= 11 is 0. The summed E-state index contributed by atoms with van der Waals surface area (Å²) in [5.74, 6) is 0. The molecule has 0 aliphatic carbocycles. The Hall–Kier alpha value is -1.41. The second kappa shape index (κ2) is 7.08. The van der Waals surface area contributed by atoms with Gasteiger partial charge in [0.05, 0.1) is 16.9 Å². The van der Waals surface area contributed by atoms with Crippen molar-refractivity contribution >= 4 is 20.9 Å². The molecule has 0 saturated carbocycles. The Morgan fingerprint density at radius 3 is 2.28 bits per heavy atom. The molecule has 0 spiro atoms. The highest BCUT2D eigenvalue weighted by Crippen LogP contribution is 2.40. The Kier molecular flexibility index (Phi) is 5.44. The number of aromatic nitrogens is 2. The molecule has 0 bridgehead atoms. The molecule has 0 atom stereocenters. The van der Waals surface area contributed by atoms with E-state index in [1.807, 2.05) is 31.0 Å². The SMILES string of the molecule is Cn1cc(B2OC(C)(C)C(C)(C)O2)c(-c2cccc(CC(C)(C)[Si](C)(C)O)c2)n1. The standard InChI is InChI=1S/C22H35BN2O3Si/c1-20(2,29(8,9)26)14-16-11-10-12-17(13-16)19-18(15-25(7)24-19)23-27-21(3,4)22(5,6)28-23/h10-13,15,26H,14H2,1-9H3. The molecule has 7 heteroatoms. The maximum absolute atomic E-state index is 10.7. The zero-order chi connectivity index (χ0) is 21.8. The maximum atomic E-state index is 10.7. The van der Waals surface area contributed by atoms with Gasteiger partial charge in [0, 0.05) is 24.3 Å². The number of benzene rings is 1. The third-order valence-corrected chi connectivity index (χ3v) is 10.4. The van der Waals surface area contributed by atoms with Gasteiger partial charge in [-0.05, 0) is 63.9 Å². The lowest BCUT2D eigenvalue weighted by Crippen LogP contribution is -2.41. The highest BCUT2D eigenvalue weighted by molar-refractivity contribution is 6.72. The Morgan fingerprint density at radius 2 is 1.72 bits per heavy atom. The van der Waals surface area contributed by atoms with E-state index in [0.717, 1.165) is 23.1 Å². The highest BCUT2D eigenvalue weighted by Gasteiger charge is 2.52. The Bertz CT molecular complexity index is 884. The number of hydrogen-bond donors (Lipinski definition) is 1. The summed E-state index contributed by atoms with van der Waals surface area (Å²) in [4.78, 5) is 10.7. The first-order chi connectivity index (χ1) is 13.1. The van der Waals surface area contributed by atoms with Gasteiger partial charge in [0.1, 0.15) is 0 Å². The second-order valence-electron chi connectivity index (χ2n) is 10.5. The summed E-state index contributed by atoms with van der Waals surface area (Å²) in [5.41, 5.74) is 3.28. The first-order valence-electron chi connectivity index (χ1n) is 10.3. The zero-order valence-corrected chi connectivity index (χ0v) is 20.3. The maximum Gasteiger partial charge on any atom is 0.498 e. The molecule has 0 unspecified atom stereocenters. The third kappa shape index (κ3) is 4.24. The number of hydrogen-bond acceptors (Lipinski definition) is 4. The number of rotatable bonds is 5. The molecule has 158 valence electrons. The van der Waals surface area contributed by atoms with Crippen LogP contribution in [0.4, 0.5) is 0 Å². The Labute approximate surface area is 176 Å². The van der Waals surface area contributed by atoms with E-state index in [1.54, 1.807) is 0 Å². The lowest BCUT2D eigenvalue weighted by atomic mass is 9.78. The quantitative estimate of drug-likeness (QED) is 0.754. The van der Waals surface area contributed by atoms with Crippen molar-refractivity contribution in [2.75, 3.05) is 0 Å². The zero-order valence-electron chi connectivity index (χ0n) is 19.3. The van der Waals surface area contributed by atoms with Crippen LogP contribution in [0.3, 0.4) is 0 Å². The fourth-order valence-corrected chi connectivity index (χ4v) is 4.07. The van der Waals surface area contributed by atoms with Crippen molar-refractivity contribution in [1.82, 2.24) is 9.78 Å². The molecule has 1 aromatic carbocycles. The summed E-state index contributed by atoms with van der Waals surface area (Å²) < 4.78 is 14.4. The smallest absolute Gasteiger partial charge is 0.432 e. The van der Waals surface area contributed by atoms with E-state index in [2.05, 4.69) is 65.8 Å². The predicted octanol–water partition coefficient (Wildman–Crippen LogP) is 3.91. The van der Waals surface area contributed by atoms with E-state index in [9.17, 15) is 4.80 Å². The molecule has 5 nitrogen and oxygen atoms in total. The summed E-state index contributed by atoms with van der Waals surface area (Å²) in [7, 11) is -0.814. The van der Waals surface area contributed by atoms with Gasteiger partial charge in [0.15, 0.2) is 8.32 Å². The average molecular weight is 414 g/mol. The minimum absolute atomic E-state index is 0.121. The minimum atomic E-state index is -2.28. The van der Waals surface area contributed by atoms with Crippen molar-refractivity contribution in [2.45, 2.75) is 77.3 Å². The van der Waals surface area contributed by atoms with Crippen LogP contribution in [0.15, 0.2) is 30.5 Å². The van der Waals surface area contributed by atoms with Gasteiger partial charge in [-0.1, -0.05) is 32.0 Å². The van der Waals surface area contributed by atoms with Crippen LogP contribution in [0.1, 0.15) is 47.1 Å². The predicted molar refractivity (Wildman–Crippen MR) is 122 cm³/mol.